The van der Waals surface area contributed by atoms with Gasteiger partial charge in [0.25, 0.3) is 0 Å². The minimum Gasteiger partial charge on any atom is -0.369 e. The molecule has 0 radical (unpaired) electrons. The van der Waals surface area contributed by atoms with Gasteiger partial charge in [0.15, 0.2) is 0 Å². The summed E-state index contributed by atoms with van der Waals surface area (Å²) in [6.45, 7) is 4.97. The Hall–Kier alpha value is -0.790. The van der Waals surface area contributed by atoms with E-state index in [2.05, 4.69) is 24.2 Å². The first kappa shape index (κ1) is 6.33. The summed E-state index contributed by atoms with van der Waals surface area (Å²) >= 11 is 0. The van der Waals surface area contributed by atoms with Gasteiger partial charge in [-0.05, 0) is 18.9 Å². The number of nitrogens with one attached hydrogen (secondary N) is 1. The van der Waals surface area contributed by atoms with Crippen LogP contribution < -0.4 is 5.32 Å². The average molecular weight is 124 g/mol. The summed E-state index contributed by atoms with van der Waals surface area (Å²) < 4.78 is 0. The number of hydrogen-bond donors (Lipinski definition) is 1. The van der Waals surface area contributed by atoms with E-state index < -0.39 is 0 Å². The SMILES string of the molecule is CCC1=C(C)C=NCN1. The first-order valence-electron chi connectivity index (χ1n) is 3.28. The second-order valence-corrected chi connectivity index (χ2v) is 2.16. The van der Waals surface area contributed by atoms with Crippen LogP contribution in [0.5, 0.6) is 0 Å². The third-order valence-corrected chi connectivity index (χ3v) is 1.50. The molecule has 0 fully saturated rings. The zero-order valence-electron chi connectivity index (χ0n) is 5.94. The van der Waals surface area contributed by atoms with Gasteiger partial charge in [-0.3, -0.25) is 4.99 Å². The molecule has 1 aliphatic rings. The smallest absolute Gasteiger partial charge is 0.107 e. The lowest BCUT2D eigenvalue weighted by molar-refractivity contribution is 0.768. The van der Waals surface area contributed by atoms with Crippen LogP contribution in [0.3, 0.4) is 0 Å². The van der Waals surface area contributed by atoms with Crippen LogP contribution in [-0.4, -0.2) is 12.9 Å². The quantitative estimate of drug-likeness (QED) is 0.560. The van der Waals surface area contributed by atoms with Crippen LogP contribution in [0.1, 0.15) is 20.3 Å². The normalized spacial score (nSPS) is 18.0. The van der Waals surface area contributed by atoms with Gasteiger partial charge in [0, 0.05) is 11.9 Å². The van der Waals surface area contributed by atoms with Gasteiger partial charge >= 0.3 is 0 Å². The molecule has 1 rings (SSSR count). The molecule has 1 N–H and O–H groups in total. The van der Waals surface area contributed by atoms with Gasteiger partial charge in [-0.25, -0.2) is 0 Å². The molecule has 0 amide bonds. The van der Waals surface area contributed by atoms with E-state index in [1.165, 1.54) is 11.3 Å². The fraction of sp³-hybridized carbons (Fsp3) is 0.571. The zero-order chi connectivity index (χ0) is 6.69. The molecule has 50 valence electrons. The zero-order valence-corrected chi connectivity index (χ0v) is 5.94. The molecule has 0 aromatic carbocycles. The lowest BCUT2D eigenvalue weighted by Gasteiger charge is -2.12. The maximum atomic E-state index is 4.06. The highest BCUT2D eigenvalue weighted by molar-refractivity contribution is 5.79. The van der Waals surface area contributed by atoms with E-state index in [1.807, 2.05) is 6.21 Å². The van der Waals surface area contributed by atoms with Gasteiger partial charge in [0.05, 0.1) is 0 Å². The summed E-state index contributed by atoms with van der Waals surface area (Å²) in [6, 6.07) is 0. The third kappa shape index (κ3) is 1.31. The van der Waals surface area contributed by atoms with E-state index >= 15 is 0 Å². The first-order chi connectivity index (χ1) is 4.34. The van der Waals surface area contributed by atoms with Gasteiger partial charge in [0.2, 0.25) is 0 Å². The Labute approximate surface area is 55.7 Å². The molecule has 0 aromatic heterocycles. The average Bonchev–Trinajstić information content (AvgIpc) is 1.89. The fourth-order valence-electron chi connectivity index (χ4n) is 0.945. The predicted octanol–water partition coefficient (Wildman–Crippen LogP) is 1.30. The standard InChI is InChI=1S/C7H12N2/c1-3-7-6(2)4-8-5-9-7/h4,9H,3,5H2,1-2H3. The second kappa shape index (κ2) is 2.67. The van der Waals surface area contributed by atoms with Crippen LogP contribution in [0.15, 0.2) is 16.3 Å². The van der Waals surface area contributed by atoms with Crippen molar-refractivity contribution in [3.63, 3.8) is 0 Å². The lowest BCUT2D eigenvalue weighted by atomic mass is 10.2. The molecule has 0 saturated carbocycles. The van der Waals surface area contributed by atoms with E-state index in [-0.39, 0.29) is 0 Å². The highest BCUT2D eigenvalue weighted by Gasteiger charge is 1.99. The summed E-state index contributed by atoms with van der Waals surface area (Å²) in [5, 5.41) is 3.20. The number of aliphatic imine (C=N–C) groups is 1. The maximum absolute atomic E-state index is 4.06. The van der Waals surface area contributed by atoms with E-state index in [4.69, 9.17) is 0 Å². The van der Waals surface area contributed by atoms with E-state index in [0.717, 1.165) is 13.1 Å². The Morgan fingerprint density at radius 2 is 2.56 bits per heavy atom. The molecule has 0 saturated heterocycles. The summed E-state index contributed by atoms with van der Waals surface area (Å²) in [5.74, 6) is 0. The largest absolute Gasteiger partial charge is 0.369 e. The Bertz CT molecular complexity index is 156. The minimum absolute atomic E-state index is 0.751. The molecule has 0 spiro atoms. The molecular formula is C7H12N2. The van der Waals surface area contributed by atoms with Crippen LogP contribution in [0.25, 0.3) is 0 Å². The molecule has 2 heteroatoms. The van der Waals surface area contributed by atoms with Crippen molar-refractivity contribution in [2.24, 2.45) is 4.99 Å². The fourth-order valence-corrected chi connectivity index (χ4v) is 0.945. The van der Waals surface area contributed by atoms with Crippen molar-refractivity contribution in [2.45, 2.75) is 20.3 Å². The van der Waals surface area contributed by atoms with Crippen LogP contribution in [0, 0.1) is 0 Å². The Morgan fingerprint density at radius 1 is 1.78 bits per heavy atom. The summed E-state index contributed by atoms with van der Waals surface area (Å²) in [4.78, 5) is 4.06. The van der Waals surface area contributed by atoms with E-state index in [9.17, 15) is 0 Å². The van der Waals surface area contributed by atoms with Crippen molar-refractivity contribution in [2.75, 3.05) is 6.67 Å². The van der Waals surface area contributed by atoms with Crippen molar-refractivity contribution >= 4 is 6.21 Å². The molecule has 0 atom stereocenters. The summed E-state index contributed by atoms with van der Waals surface area (Å²) in [7, 11) is 0. The summed E-state index contributed by atoms with van der Waals surface area (Å²) in [6.07, 6.45) is 3.01. The topological polar surface area (TPSA) is 24.4 Å². The highest BCUT2D eigenvalue weighted by atomic mass is 15.0. The van der Waals surface area contributed by atoms with E-state index in [0.29, 0.717) is 0 Å². The van der Waals surface area contributed by atoms with Crippen molar-refractivity contribution in [1.82, 2.24) is 5.32 Å². The van der Waals surface area contributed by atoms with Gasteiger partial charge < -0.3 is 5.32 Å². The molecule has 1 heterocycles. The van der Waals surface area contributed by atoms with Crippen molar-refractivity contribution in [3.8, 4) is 0 Å². The van der Waals surface area contributed by atoms with Crippen LogP contribution in [0.4, 0.5) is 0 Å². The van der Waals surface area contributed by atoms with Crippen LogP contribution in [0.2, 0.25) is 0 Å². The molecular weight excluding hydrogens is 112 g/mol. The Morgan fingerprint density at radius 3 is 3.00 bits per heavy atom. The maximum Gasteiger partial charge on any atom is 0.107 e. The van der Waals surface area contributed by atoms with E-state index in [1.54, 1.807) is 0 Å². The van der Waals surface area contributed by atoms with Gasteiger partial charge in [-0.1, -0.05) is 6.92 Å². The molecule has 9 heavy (non-hydrogen) atoms. The van der Waals surface area contributed by atoms with Crippen LogP contribution >= 0.6 is 0 Å². The van der Waals surface area contributed by atoms with Gasteiger partial charge in [-0.15, -0.1) is 0 Å². The van der Waals surface area contributed by atoms with Crippen molar-refractivity contribution in [1.29, 1.82) is 0 Å². The van der Waals surface area contributed by atoms with Crippen LogP contribution in [-0.2, 0) is 0 Å². The summed E-state index contributed by atoms with van der Waals surface area (Å²) in [5.41, 5.74) is 2.59. The molecule has 0 bridgehead atoms. The first-order valence-corrected chi connectivity index (χ1v) is 3.28. The Balaban J connectivity index is 2.72. The third-order valence-electron chi connectivity index (χ3n) is 1.50. The second-order valence-electron chi connectivity index (χ2n) is 2.16. The van der Waals surface area contributed by atoms with Crippen molar-refractivity contribution < 1.29 is 0 Å². The van der Waals surface area contributed by atoms with Gasteiger partial charge in [-0.2, -0.15) is 0 Å². The molecule has 0 aliphatic carbocycles. The predicted molar refractivity (Wildman–Crippen MR) is 39.5 cm³/mol. The molecule has 0 aromatic rings. The lowest BCUT2D eigenvalue weighted by Crippen LogP contribution is -2.18. The number of nitrogens with zero attached hydrogens (tertiary/aromatic N) is 1. The molecule has 2 nitrogen and oxygen atoms in total. The number of allylic oxidation sites excluding steroid dienone is 2. The molecule has 0 unspecified atom stereocenters. The number of rotatable bonds is 1. The monoisotopic (exact) mass is 124 g/mol. The highest BCUT2D eigenvalue weighted by Crippen LogP contribution is 2.04. The van der Waals surface area contributed by atoms with Crippen molar-refractivity contribution in [3.05, 3.63) is 11.3 Å². The number of hydrogen-bond acceptors (Lipinski definition) is 2. The van der Waals surface area contributed by atoms with Gasteiger partial charge in [0.1, 0.15) is 6.67 Å². The molecule has 1 aliphatic heterocycles. The Kier molecular flexibility index (Phi) is 1.88. The minimum atomic E-state index is 0.751.